The van der Waals surface area contributed by atoms with Crippen LogP contribution in [0.4, 0.5) is 0 Å². The lowest BCUT2D eigenvalue weighted by atomic mass is 10.1. The van der Waals surface area contributed by atoms with E-state index in [9.17, 15) is 8.42 Å². The highest BCUT2D eigenvalue weighted by Gasteiger charge is 2.34. The molecule has 0 aromatic carbocycles. The zero-order valence-electron chi connectivity index (χ0n) is 10.7. The molecule has 2 fully saturated rings. The van der Waals surface area contributed by atoms with Crippen molar-refractivity contribution in [1.29, 1.82) is 0 Å². The van der Waals surface area contributed by atoms with E-state index in [0.29, 0.717) is 19.0 Å². The summed E-state index contributed by atoms with van der Waals surface area (Å²) >= 11 is 0. The Balaban J connectivity index is 1.96. The molecule has 1 N–H and O–H groups in total. The van der Waals surface area contributed by atoms with Gasteiger partial charge in [0, 0.05) is 32.2 Å². The lowest BCUT2D eigenvalue weighted by molar-refractivity contribution is 0.344. The van der Waals surface area contributed by atoms with Crippen molar-refractivity contribution in [3.05, 3.63) is 0 Å². The van der Waals surface area contributed by atoms with Crippen LogP contribution in [-0.4, -0.2) is 56.4 Å². The SMILES string of the molecule is CCN1C[C@H](NS(=O)(=O)N2CCCC2)[C@@H](C)C1. The molecule has 0 unspecified atom stereocenters. The summed E-state index contributed by atoms with van der Waals surface area (Å²) in [6.07, 6.45) is 1.98. The molecular formula is C11H23N3O2S. The number of hydrogen-bond acceptors (Lipinski definition) is 3. The molecule has 2 aliphatic heterocycles. The van der Waals surface area contributed by atoms with E-state index in [1.807, 2.05) is 0 Å². The summed E-state index contributed by atoms with van der Waals surface area (Å²) in [5, 5.41) is 0. The number of likely N-dealkylation sites (N-methyl/N-ethyl adjacent to an activating group) is 1. The van der Waals surface area contributed by atoms with E-state index in [1.54, 1.807) is 4.31 Å². The lowest BCUT2D eigenvalue weighted by Gasteiger charge is -2.21. The maximum Gasteiger partial charge on any atom is 0.279 e. The van der Waals surface area contributed by atoms with Crippen LogP contribution in [0, 0.1) is 5.92 Å². The molecule has 0 radical (unpaired) electrons. The van der Waals surface area contributed by atoms with Crippen molar-refractivity contribution in [2.75, 3.05) is 32.7 Å². The van der Waals surface area contributed by atoms with Gasteiger partial charge in [-0.05, 0) is 25.3 Å². The molecule has 0 aromatic heterocycles. The summed E-state index contributed by atoms with van der Waals surface area (Å²) < 4.78 is 28.7. The maximum absolute atomic E-state index is 12.1. The quantitative estimate of drug-likeness (QED) is 0.789. The molecule has 0 saturated carbocycles. The van der Waals surface area contributed by atoms with Crippen molar-refractivity contribution in [2.45, 2.75) is 32.7 Å². The molecule has 17 heavy (non-hydrogen) atoms. The zero-order valence-corrected chi connectivity index (χ0v) is 11.5. The topological polar surface area (TPSA) is 52.7 Å². The molecule has 100 valence electrons. The Morgan fingerprint density at radius 2 is 1.88 bits per heavy atom. The Morgan fingerprint density at radius 3 is 2.41 bits per heavy atom. The molecule has 0 aliphatic carbocycles. The molecule has 0 aromatic rings. The van der Waals surface area contributed by atoms with Crippen molar-refractivity contribution >= 4 is 10.2 Å². The van der Waals surface area contributed by atoms with Gasteiger partial charge in [0.1, 0.15) is 0 Å². The summed E-state index contributed by atoms with van der Waals surface area (Å²) in [4.78, 5) is 2.29. The van der Waals surface area contributed by atoms with Crippen molar-refractivity contribution in [3.8, 4) is 0 Å². The summed E-state index contributed by atoms with van der Waals surface area (Å²) in [6, 6.07) is 0.0700. The second-order valence-electron chi connectivity index (χ2n) is 5.17. The van der Waals surface area contributed by atoms with Crippen LogP contribution < -0.4 is 4.72 Å². The Kier molecular flexibility index (Phi) is 4.07. The van der Waals surface area contributed by atoms with E-state index in [-0.39, 0.29) is 6.04 Å². The van der Waals surface area contributed by atoms with Crippen molar-refractivity contribution in [3.63, 3.8) is 0 Å². The summed E-state index contributed by atoms with van der Waals surface area (Å²) in [5.41, 5.74) is 0. The molecule has 0 bridgehead atoms. The maximum atomic E-state index is 12.1. The molecule has 2 atom stereocenters. The van der Waals surface area contributed by atoms with Gasteiger partial charge in [-0.2, -0.15) is 17.4 Å². The first kappa shape index (κ1) is 13.3. The van der Waals surface area contributed by atoms with Crippen molar-refractivity contribution in [2.24, 2.45) is 5.92 Å². The third-order valence-electron chi connectivity index (χ3n) is 3.84. The van der Waals surface area contributed by atoms with Crippen LogP contribution in [0.25, 0.3) is 0 Å². The zero-order chi connectivity index (χ0) is 12.5. The molecule has 0 spiro atoms. The van der Waals surface area contributed by atoms with E-state index < -0.39 is 10.2 Å². The molecule has 6 heteroatoms. The molecular weight excluding hydrogens is 238 g/mol. The molecule has 2 saturated heterocycles. The molecule has 2 aliphatic rings. The fourth-order valence-corrected chi connectivity index (χ4v) is 4.25. The van der Waals surface area contributed by atoms with E-state index in [1.165, 1.54) is 0 Å². The highest BCUT2D eigenvalue weighted by atomic mass is 32.2. The number of rotatable bonds is 4. The number of nitrogens with zero attached hydrogens (tertiary/aromatic N) is 2. The predicted octanol–water partition coefficient (Wildman–Crippen LogP) is 0.257. The summed E-state index contributed by atoms with van der Waals surface area (Å²) in [6.45, 7) is 8.40. The second-order valence-corrected chi connectivity index (χ2v) is 6.87. The fraction of sp³-hybridized carbons (Fsp3) is 1.00. The third kappa shape index (κ3) is 2.99. The highest BCUT2D eigenvalue weighted by molar-refractivity contribution is 7.87. The third-order valence-corrected chi connectivity index (χ3v) is 5.49. The van der Waals surface area contributed by atoms with Crippen LogP contribution in [0.2, 0.25) is 0 Å². The lowest BCUT2D eigenvalue weighted by Crippen LogP contribution is -2.46. The minimum absolute atomic E-state index is 0.0700. The largest absolute Gasteiger partial charge is 0.302 e. The minimum atomic E-state index is -3.25. The van der Waals surface area contributed by atoms with Gasteiger partial charge in [-0.15, -0.1) is 0 Å². The first-order valence-corrected chi connectivity index (χ1v) is 7.96. The van der Waals surface area contributed by atoms with E-state index in [2.05, 4.69) is 23.5 Å². The number of hydrogen-bond donors (Lipinski definition) is 1. The standard InChI is InChI=1S/C11H23N3O2S/c1-3-13-8-10(2)11(9-13)12-17(15,16)14-6-4-5-7-14/h10-12H,3-9H2,1-2H3/t10-,11-/m0/s1. The van der Waals surface area contributed by atoms with Crippen LogP contribution in [-0.2, 0) is 10.2 Å². The number of nitrogens with one attached hydrogen (secondary N) is 1. The van der Waals surface area contributed by atoms with Crippen LogP contribution >= 0.6 is 0 Å². The van der Waals surface area contributed by atoms with E-state index in [0.717, 1.165) is 32.5 Å². The monoisotopic (exact) mass is 261 g/mol. The molecule has 0 amide bonds. The van der Waals surface area contributed by atoms with Crippen LogP contribution in [0.15, 0.2) is 0 Å². The van der Waals surface area contributed by atoms with Gasteiger partial charge in [0.25, 0.3) is 10.2 Å². The average molecular weight is 261 g/mol. The Hall–Kier alpha value is -0.170. The van der Waals surface area contributed by atoms with Gasteiger partial charge in [-0.1, -0.05) is 13.8 Å². The smallest absolute Gasteiger partial charge is 0.279 e. The van der Waals surface area contributed by atoms with Gasteiger partial charge in [-0.25, -0.2) is 0 Å². The fourth-order valence-electron chi connectivity index (χ4n) is 2.67. The first-order valence-electron chi connectivity index (χ1n) is 6.52. The van der Waals surface area contributed by atoms with Crippen LogP contribution in [0.5, 0.6) is 0 Å². The van der Waals surface area contributed by atoms with Gasteiger partial charge in [0.05, 0.1) is 0 Å². The van der Waals surface area contributed by atoms with Gasteiger partial charge >= 0.3 is 0 Å². The predicted molar refractivity (Wildman–Crippen MR) is 67.9 cm³/mol. The van der Waals surface area contributed by atoms with Crippen molar-refractivity contribution in [1.82, 2.24) is 13.9 Å². The Bertz CT molecular complexity index is 352. The average Bonchev–Trinajstić information content (AvgIpc) is 2.88. The normalized spacial score (nSPS) is 32.4. The second kappa shape index (κ2) is 5.22. The van der Waals surface area contributed by atoms with E-state index >= 15 is 0 Å². The van der Waals surface area contributed by atoms with Crippen molar-refractivity contribution < 1.29 is 8.42 Å². The van der Waals surface area contributed by atoms with Gasteiger partial charge in [-0.3, -0.25) is 0 Å². The summed E-state index contributed by atoms with van der Waals surface area (Å²) in [5.74, 6) is 0.396. The minimum Gasteiger partial charge on any atom is -0.302 e. The van der Waals surface area contributed by atoms with Gasteiger partial charge < -0.3 is 4.90 Å². The van der Waals surface area contributed by atoms with Gasteiger partial charge in [0.2, 0.25) is 0 Å². The van der Waals surface area contributed by atoms with Crippen LogP contribution in [0.1, 0.15) is 26.7 Å². The summed E-state index contributed by atoms with van der Waals surface area (Å²) in [7, 11) is -3.25. The Labute approximate surface area is 104 Å². The molecule has 2 heterocycles. The Morgan fingerprint density at radius 1 is 1.24 bits per heavy atom. The van der Waals surface area contributed by atoms with E-state index in [4.69, 9.17) is 0 Å². The molecule has 2 rings (SSSR count). The highest BCUT2D eigenvalue weighted by Crippen LogP contribution is 2.19. The molecule has 5 nitrogen and oxygen atoms in total. The number of likely N-dealkylation sites (tertiary alicyclic amines) is 1. The van der Waals surface area contributed by atoms with Gasteiger partial charge in [0.15, 0.2) is 0 Å². The first-order chi connectivity index (χ1) is 8.03. The van der Waals surface area contributed by atoms with Crippen LogP contribution in [0.3, 0.4) is 0 Å².